The molecule has 0 atom stereocenters. The highest BCUT2D eigenvalue weighted by atomic mass is 16.2. The van der Waals surface area contributed by atoms with Gasteiger partial charge >= 0.3 is 6.03 Å². The number of amides is 2. The molecule has 0 aliphatic heterocycles. The van der Waals surface area contributed by atoms with E-state index in [2.05, 4.69) is 69.5 Å². The third kappa shape index (κ3) is 4.59. The van der Waals surface area contributed by atoms with E-state index in [-0.39, 0.29) is 11.4 Å². The van der Waals surface area contributed by atoms with Crippen LogP contribution < -0.4 is 10.6 Å². The Hall–Kier alpha value is -2.29. The van der Waals surface area contributed by atoms with Crippen molar-refractivity contribution in [3.8, 4) is 0 Å². The van der Waals surface area contributed by atoms with Crippen LogP contribution in [0.25, 0.3) is 0 Å². The van der Waals surface area contributed by atoms with Crippen LogP contribution in [-0.2, 0) is 12.0 Å². The number of urea groups is 1. The number of carbonyl (C=O) groups is 1. The zero-order valence-electron chi connectivity index (χ0n) is 14.7. The van der Waals surface area contributed by atoms with Crippen LogP contribution in [0.2, 0.25) is 0 Å². The maximum Gasteiger partial charge on any atom is 0.319 e. The van der Waals surface area contributed by atoms with E-state index in [1.807, 2.05) is 18.2 Å². The molecule has 0 unspecified atom stereocenters. The molecule has 3 nitrogen and oxygen atoms in total. The molecule has 2 N–H and O–H groups in total. The third-order valence-electron chi connectivity index (χ3n) is 3.92. The summed E-state index contributed by atoms with van der Waals surface area (Å²) in [6.07, 6.45) is 0. The molecule has 2 aromatic rings. The molecule has 0 heterocycles. The van der Waals surface area contributed by atoms with Crippen molar-refractivity contribution in [3.63, 3.8) is 0 Å². The van der Waals surface area contributed by atoms with Gasteiger partial charge in [0.1, 0.15) is 0 Å². The standard InChI is InChI=1S/C20H26N2O/c1-14-10-11-16(15(2)12-14)13-21-19(23)22-18-9-7-6-8-17(18)20(3,4)5/h6-12H,13H2,1-5H3,(H2,21,22,23). The number of anilines is 1. The molecule has 23 heavy (non-hydrogen) atoms. The Morgan fingerprint density at radius 3 is 2.39 bits per heavy atom. The van der Waals surface area contributed by atoms with Crippen LogP contribution in [0.15, 0.2) is 42.5 Å². The first-order valence-corrected chi connectivity index (χ1v) is 7.98. The Bertz CT molecular complexity index is 699. The van der Waals surface area contributed by atoms with Crippen LogP contribution in [0, 0.1) is 13.8 Å². The fourth-order valence-corrected chi connectivity index (χ4v) is 2.63. The number of para-hydroxylation sites is 1. The maximum atomic E-state index is 12.2. The summed E-state index contributed by atoms with van der Waals surface area (Å²) >= 11 is 0. The lowest BCUT2D eigenvalue weighted by Crippen LogP contribution is -2.29. The van der Waals surface area contributed by atoms with Gasteiger partial charge in [-0.05, 0) is 42.0 Å². The zero-order chi connectivity index (χ0) is 17.0. The van der Waals surface area contributed by atoms with Gasteiger partial charge in [-0.1, -0.05) is 62.7 Å². The van der Waals surface area contributed by atoms with Gasteiger partial charge in [0.25, 0.3) is 0 Å². The van der Waals surface area contributed by atoms with Gasteiger partial charge in [0.05, 0.1) is 0 Å². The van der Waals surface area contributed by atoms with Gasteiger partial charge in [0.15, 0.2) is 0 Å². The Balaban J connectivity index is 2.03. The summed E-state index contributed by atoms with van der Waals surface area (Å²) in [5.74, 6) is 0. The lowest BCUT2D eigenvalue weighted by molar-refractivity contribution is 0.251. The summed E-state index contributed by atoms with van der Waals surface area (Å²) in [5.41, 5.74) is 5.53. The molecule has 0 radical (unpaired) electrons. The SMILES string of the molecule is Cc1ccc(CNC(=O)Nc2ccccc2C(C)(C)C)c(C)c1. The zero-order valence-corrected chi connectivity index (χ0v) is 14.7. The van der Waals surface area contributed by atoms with Gasteiger partial charge in [0, 0.05) is 12.2 Å². The van der Waals surface area contributed by atoms with E-state index in [0.717, 1.165) is 16.8 Å². The average molecular weight is 310 g/mol. The fourth-order valence-electron chi connectivity index (χ4n) is 2.63. The summed E-state index contributed by atoms with van der Waals surface area (Å²) in [6, 6.07) is 14.0. The predicted octanol–water partition coefficient (Wildman–Crippen LogP) is 4.92. The molecule has 0 saturated carbocycles. The normalized spacial score (nSPS) is 11.2. The minimum absolute atomic E-state index is 0.0165. The summed E-state index contributed by atoms with van der Waals surface area (Å²) in [7, 11) is 0. The third-order valence-corrected chi connectivity index (χ3v) is 3.92. The van der Waals surface area contributed by atoms with Gasteiger partial charge in [-0.3, -0.25) is 0 Å². The molecule has 0 aromatic heterocycles. The van der Waals surface area contributed by atoms with Crippen molar-refractivity contribution in [1.82, 2.24) is 5.32 Å². The van der Waals surface area contributed by atoms with Gasteiger partial charge in [-0.2, -0.15) is 0 Å². The second-order valence-corrected chi connectivity index (χ2v) is 7.03. The molecular formula is C20H26N2O. The van der Waals surface area contributed by atoms with E-state index >= 15 is 0 Å². The van der Waals surface area contributed by atoms with Crippen molar-refractivity contribution in [2.24, 2.45) is 0 Å². The molecule has 0 aliphatic carbocycles. The smallest absolute Gasteiger partial charge is 0.319 e. The van der Waals surface area contributed by atoms with Crippen molar-refractivity contribution < 1.29 is 4.79 Å². The lowest BCUT2D eigenvalue weighted by Gasteiger charge is -2.23. The number of nitrogens with one attached hydrogen (secondary N) is 2. The molecule has 0 saturated heterocycles. The van der Waals surface area contributed by atoms with Crippen LogP contribution in [0.1, 0.15) is 43.0 Å². The molecule has 0 aliphatic rings. The van der Waals surface area contributed by atoms with Gasteiger partial charge in [-0.25, -0.2) is 4.79 Å². The van der Waals surface area contributed by atoms with Crippen LogP contribution >= 0.6 is 0 Å². The highest BCUT2D eigenvalue weighted by Gasteiger charge is 2.18. The van der Waals surface area contributed by atoms with E-state index < -0.39 is 0 Å². The molecule has 3 heteroatoms. The fraction of sp³-hybridized carbons (Fsp3) is 0.350. The summed E-state index contributed by atoms with van der Waals surface area (Å²) < 4.78 is 0. The molecule has 122 valence electrons. The van der Waals surface area contributed by atoms with Crippen molar-refractivity contribution in [2.75, 3.05) is 5.32 Å². The molecule has 2 rings (SSSR count). The van der Waals surface area contributed by atoms with E-state index in [0.29, 0.717) is 6.54 Å². The first kappa shape index (κ1) is 17.1. The largest absolute Gasteiger partial charge is 0.334 e. The molecule has 0 fully saturated rings. The second kappa shape index (κ2) is 6.86. The highest BCUT2D eigenvalue weighted by molar-refractivity contribution is 5.90. The minimum atomic E-state index is -0.179. The van der Waals surface area contributed by atoms with E-state index in [4.69, 9.17) is 0 Å². The molecule has 2 amide bonds. The lowest BCUT2D eigenvalue weighted by atomic mass is 9.86. The van der Waals surface area contributed by atoms with Crippen molar-refractivity contribution in [2.45, 2.75) is 46.6 Å². The van der Waals surface area contributed by atoms with E-state index in [9.17, 15) is 4.79 Å². The second-order valence-electron chi connectivity index (χ2n) is 7.03. The van der Waals surface area contributed by atoms with Gasteiger partial charge in [0.2, 0.25) is 0 Å². The van der Waals surface area contributed by atoms with E-state index in [1.165, 1.54) is 11.1 Å². The summed E-state index contributed by atoms with van der Waals surface area (Å²) in [4.78, 5) is 12.2. The van der Waals surface area contributed by atoms with Crippen molar-refractivity contribution in [1.29, 1.82) is 0 Å². The van der Waals surface area contributed by atoms with Crippen molar-refractivity contribution in [3.05, 3.63) is 64.7 Å². The van der Waals surface area contributed by atoms with Crippen LogP contribution in [0.3, 0.4) is 0 Å². The maximum absolute atomic E-state index is 12.2. The Morgan fingerprint density at radius 2 is 1.74 bits per heavy atom. The van der Waals surface area contributed by atoms with Gasteiger partial charge in [-0.15, -0.1) is 0 Å². The van der Waals surface area contributed by atoms with Gasteiger partial charge < -0.3 is 10.6 Å². The molecular weight excluding hydrogens is 284 g/mol. The summed E-state index contributed by atoms with van der Waals surface area (Å²) in [5, 5.41) is 5.90. The number of rotatable bonds is 3. The Morgan fingerprint density at radius 1 is 1.04 bits per heavy atom. The van der Waals surface area contributed by atoms with E-state index in [1.54, 1.807) is 0 Å². The first-order chi connectivity index (χ1) is 10.8. The minimum Gasteiger partial charge on any atom is -0.334 e. The number of hydrogen-bond acceptors (Lipinski definition) is 1. The topological polar surface area (TPSA) is 41.1 Å². The quantitative estimate of drug-likeness (QED) is 0.830. The average Bonchev–Trinajstić information content (AvgIpc) is 2.46. The first-order valence-electron chi connectivity index (χ1n) is 7.98. The molecule has 2 aromatic carbocycles. The number of benzene rings is 2. The monoisotopic (exact) mass is 310 g/mol. The van der Waals surface area contributed by atoms with Crippen molar-refractivity contribution >= 4 is 11.7 Å². The highest BCUT2D eigenvalue weighted by Crippen LogP contribution is 2.29. The molecule has 0 spiro atoms. The molecule has 0 bridgehead atoms. The number of carbonyl (C=O) groups excluding carboxylic acids is 1. The Labute approximate surface area is 139 Å². The van der Waals surface area contributed by atoms with Crippen LogP contribution in [0.5, 0.6) is 0 Å². The van der Waals surface area contributed by atoms with Crippen LogP contribution in [-0.4, -0.2) is 6.03 Å². The predicted molar refractivity (Wildman–Crippen MR) is 96.9 cm³/mol. The number of hydrogen-bond donors (Lipinski definition) is 2. The van der Waals surface area contributed by atoms with Crippen LogP contribution in [0.4, 0.5) is 10.5 Å². The summed E-state index contributed by atoms with van der Waals surface area (Å²) in [6.45, 7) is 11.1. The number of aryl methyl sites for hydroxylation is 2. The Kier molecular flexibility index (Phi) is 5.09.